The highest BCUT2D eigenvalue weighted by Gasteiger charge is 2.31. The summed E-state index contributed by atoms with van der Waals surface area (Å²) in [6.45, 7) is 5.51. The molecule has 1 N–H and O–H groups in total. The number of hydrogen-bond acceptors (Lipinski definition) is 5. The second-order valence-electron chi connectivity index (χ2n) is 9.83. The Bertz CT molecular complexity index is 1540. The molecule has 3 heterocycles. The zero-order valence-corrected chi connectivity index (χ0v) is 21.5. The van der Waals surface area contributed by atoms with Gasteiger partial charge in [-0.2, -0.15) is 0 Å². The van der Waals surface area contributed by atoms with Crippen molar-refractivity contribution in [3.63, 3.8) is 0 Å². The smallest absolute Gasteiger partial charge is 0.251 e. The van der Waals surface area contributed by atoms with E-state index in [9.17, 15) is 4.79 Å². The zero-order chi connectivity index (χ0) is 25.5. The number of pyridine rings is 2. The zero-order valence-electron chi connectivity index (χ0n) is 20.8. The first-order chi connectivity index (χ1) is 18.0. The Hall–Kier alpha value is -3.77. The molecule has 188 valence electrons. The van der Waals surface area contributed by atoms with E-state index >= 15 is 0 Å². The molecule has 0 radical (unpaired) electrons. The van der Waals surface area contributed by atoms with E-state index in [2.05, 4.69) is 29.9 Å². The first kappa shape index (κ1) is 23.6. The van der Waals surface area contributed by atoms with Gasteiger partial charge in [0.25, 0.3) is 5.56 Å². The van der Waals surface area contributed by atoms with Crippen LogP contribution in [0.1, 0.15) is 42.1 Å². The van der Waals surface area contributed by atoms with Gasteiger partial charge < -0.3 is 19.5 Å². The first-order valence-electron chi connectivity index (χ1n) is 12.7. The van der Waals surface area contributed by atoms with Crippen molar-refractivity contribution in [3.05, 3.63) is 106 Å². The third-order valence-corrected chi connectivity index (χ3v) is 7.57. The summed E-state index contributed by atoms with van der Waals surface area (Å²) in [6, 6.07) is 19.8. The number of fused-ring (bicyclic) bond motifs is 2. The minimum absolute atomic E-state index is 0.0622. The molecule has 2 aromatic carbocycles. The largest absolute Gasteiger partial charge is 0.493 e. The van der Waals surface area contributed by atoms with Crippen molar-refractivity contribution >= 4 is 33.9 Å². The number of para-hydroxylation sites is 1. The van der Waals surface area contributed by atoms with Crippen LogP contribution in [-0.2, 0) is 6.54 Å². The molecule has 1 aliphatic carbocycles. The topological polar surface area (TPSA) is 59.4 Å². The van der Waals surface area contributed by atoms with Crippen molar-refractivity contribution in [2.24, 2.45) is 0 Å². The first-order valence-corrected chi connectivity index (χ1v) is 13.0. The molecule has 4 aromatic rings. The highest BCUT2D eigenvalue weighted by Crippen LogP contribution is 2.39. The van der Waals surface area contributed by atoms with E-state index in [-0.39, 0.29) is 11.6 Å². The number of benzene rings is 2. The molecular formula is C30H29ClN4O2. The Labute approximate surface area is 221 Å². The molecule has 0 saturated heterocycles. The van der Waals surface area contributed by atoms with E-state index in [4.69, 9.17) is 21.3 Å². The monoisotopic (exact) mass is 512 g/mol. The quantitative estimate of drug-likeness (QED) is 0.340. The maximum Gasteiger partial charge on any atom is 0.251 e. The normalized spacial score (nSPS) is 16.6. The van der Waals surface area contributed by atoms with Crippen LogP contribution in [-0.4, -0.2) is 29.2 Å². The highest BCUT2D eigenvalue weighted by molar-refractivity contribution is 6.30. The average molecular weight is 513 g/mol. The fourth-order valence-electron chi connectivity index (χ4n) is 5.18. The second-order valence-corrected chi connectivity index (χ2v) is 10.3. The van der Waals surface area contributed by atoms with E-state index in [1.54, 1.807) is 16.8 Å². The summed E-state index contributed by atoms with van der Waals surface area (Å²) in [5.41, 5.74) is 5.45. The van der Waals surface area contributed by atoms with Gasteiger partial charge in [0.05, 0.1) is 42.3 Å². The van der Waals surface area contributed by atoms with Crippen LogP contribution < -0.4 is 20.5 Å². The predicted octanol–water partition coefficient (Wildman–Crippen LogP) is 5.78. The van der Waals surface area contributed by atoms with Crippen LogP contribution in [0.3, 0.4) is 0 Å². The molecule has 0 spiro atoms. The van der Waals surface area contributed by atoms with E-state index in [0.717, 1.165) is 64.1 Å². The molecule has 1 saturated carbocycles. The second kappa shape index (κ2) is 9.60. The number of nitrogens with zero attached hydrogens (tertiary/aromatic N) is 3. The van der Waals surface area contributed by atoms with E-state index in [1.807, 2.05) is 48.5 Å². The lowest BCUT2D eigenvalue weighted by atomic mass is 9.99. The van der Waals surface area contributed by atoms with Crippen LogP contribution in [0.25, 0.3) is 16.6 Å². The van der Waals surface area contributed by atoms with Crippen molar-refractivity contribution in [2.75, 3.05) is 18.6 Å². The summed E-state index contributed by atoms with van der Waals surface area (Å²) in [4.78, 5) is 20.2. The summed E-state index contributed by atoms with van der Waals surface area (Å²) < 4.78 is 7.63. The standard InChI is InChI=1S/C30H29ClN4O2/c1-19(33-25-15-16-37-27-6-4-3-5-23(25)27)29-30(34(2)22-11-12-22)24-13-14-28(36)35(26(24)17-32-29)18-20-7-9-21(31)10-8-20/h3-10,13-14,17,22,25,33H,1,11-12,15-16,18H2,2H3. The van der Waals surface area contributed by atoms with E-state index in [0.29, 0.717) is 24.2 Å². The van der Waals surface area contributed by atoms with Crippen LogP contribution in [0, 0.1) is 0 Å². The maximum atomic E-state index is 13.0. The van der Waals surface area contributed by atoms with Crippen molar-refractivity contribution < 1.29 is 4.74 Å². The minimum Gasteiger partial charge on any atom is -0.493 e. The Kier molecular flexibility index (Phi) is 6.13. The fraction of sp³-hybridized carbons (Fsp3) is 0.267. The van der Waals surface area contributed by atoms with Gasteiger partial charge >= 0.3 is 0 Å². The Morgan fingerprint density at radius 1 is 1.14 bits per heavy atom. The Morgan fingerprint density at radius 2 is 1.92 bits per heavy atom. The van der Waals surface area contributed by atoms with E-state index < -0.39 is 0 Å². The van der Waals surface area contributed by atoms with Gasteiger partial charge in [-0.25, -0.2) is 0 Å². The number of halogens is 1. The molecule has 1 fully saturated rings. The van der Waals surface area contributed by atoms with Gasteiger partial charge in [0, 0.05) is 41.5 Å². The third kappa shape index (κ3) is 4.58. The molecule has 1 atom stereocenters. The summed E-state index contributed by atoms with van der Waals surface area (Å²) in [5, 5.41) is 5.30. The molecule has 0 amide bonds. The third-order valence-electron chi connectivity index (χ3n) is 7.31. The van der Waals surface area contributed by atoms with Gasteiger partial charge in [-0.05, 0) is 42.7 Å². The van der Waals surface area contributed by atoms with Gasteiger partial charge in [-0.3, -0.25) is 9.78 Å². The predicted molar refractivity (Wildman–Crippen MR) is 149 cm³/mol. The molecule has 7 heteroatoms. The van der Waals surface area contributed by atoms with Gasteiger partial charge in [-0.1, -0.05) is 48.5 Å². The number of aromatic nitrogens is 2. The molecule has 0 bridgehead atoms. The lowest BCUT2D eigenvalue weighted by molar-refractivity contribution is 0.261. The SMILES string of the molecule is C=C(NC1CCOc2ccccc21)c1ncc2c(ccc(=O)n2Cc2ccc(Cl)cc2)c1N(C)C1CC1. The molecule has 1 unspecified atom stereocenters. The molecule has 37 heavy (non-hydrogen) atoms. The Balaban J connectivity index is 1.42. The van der Waals surface area contributed by atoms with Crippen molar-refractivity contribution in [3.8, 4) is 5.75 Å². The number of nitrogens with one attached hydrogen (secondary N) is 1. The minimum atomic E-state index is -0.0622. The lowest BCUT2D eigenvalue weighted by Gasteiger charge is -2.30. The molecule has 2 aliphatic rings. The molecule has 6 nitrogen and oxygen atoms in total. The molecule has 6 rings (SSSR count). The highest BCUT2D eigenvalue weighted by atomic mass is 35.5. The van der Waals surface area contributed by atoms with Crippen molar-refractivity contribution in [1.29, 1.82) is 0 Å². The number of hydrogen-bond donors (Lipinski definition) is 1. The molecule has 2 aromatic heterocycles. The van der Waals surface area contributed by atoms with Gasteiger partial charge in [0.1, 0.15) is 11.4 Å². The van der Waals surface area contributed by atoms with Crippen LogP contribution >= 0.6 is 11.6 Å². The van der Waals surface area contributed by atoms with Crippen LogP contribution in [0.15, 0.2) is 78.2 Å². The number of rotatable bonds is 7. The van der Waals surface area contributed by atoms with Gasteiger partial charge in [-0.15, -0.1) is 0 Å². The van der Waals surface area contributed by atoms with Crippen LogP contribution in [0.4, 0.5) is 5.69 Å². The van der Waals surface area contributed by atoms with Gasteiger partial charge in [0.2, 0.25) is 0 Å². The summed E-state index contributed by atoms with van der Waals surface area (Å²) in [5.74, 6) is 0.909. The van der Waals surface area contributed by atoms with Crippen molar-refractivity contribution in [2.45, 2.75) is 37.9 Å². The fourth-order valence-corrected chi connectivity index (χ4v) is 5.30. The molecular weight excluding hydrogens is 484 g/mol. The lowest BCUT2D eigenvalue weighted by Crippen LogP contribution is -2.28. The van der Waals surface area contributed by atoms with Crippen LogP contribution in [0.2, 0.25) is 5.02 Å². The molecule has 1 aliphatic heterocycles. The van der Waals surface area contributed by atoms with E-state index in [1.165, 1.54) is 0 Å². The van der Waals surface area contributed by atoms with Crippen LogP contribution in [0.5, 0.6) is 5.75 Å². The summed E-state index contributed by atoms with van der Waals surface area (Å²) in [6.07, 6.45) is 4.93. The number of anilines is 1. The Morgan fingerprint density at radius 3 is 2.70 bits per heavy atom. The van der Waals surface area contributed by atoms with Crippen molar-refractivity contribution in [1.82, 2.24) is 14.9 Å². The summed E-state index contributed by atoms with van der Waals surface area (Å²) in [7, 11) is 2.11. The maximum absolute atomic E-state index is 13.0. The number of ether oxygens (including phenoxy) is 1. The summed E-state index contributed by atoms with van der Waals surface area (Å²) >= 11 is 6.07. The average Bonchev–Trinajstić information content (AvgIpc) is 3.76. The van der Waals surface area contributed by atoms with Gasteiger partial charge in [0.15, 0.2) is 0 Å².